The molecule has 92 valence electrons. The molecule has 1 aromatic rings. The van der Waals surface area contributed by atoms with Crippen LogP contribution in [0.1, 0.15) is 13.8 Å². The molecular formula is C12H18N4O. The van der Waals surface area contributed by atoms with E-state index in [9.17, 15) is 0 Å². The molecule has 5 heteroatoms. The fourth-order valence-corrected chi connectivity index (χ4v) is 1.45. The third-order valence-electron chi connectivity index (χ3n) is 2.32. The van der Waals surface area contributed by atoms with Crippen LogP contribution < -0.4 is 15.4 Å². The van der Waals surface area contributed by atoms with Gasteiger partial charge in [-0.05, 0) is 26.0 Å². The lowest BCUT2D eigenvalue weighted by Crippen LogP contribution is -2.24. The molecule has 0 aliphatic carbocycles. The maximum Gasteiger partial charge on any atom is 0.239 e. The quantitative estimate of drug-likeness (QED) is 0.838. The monoisotopic (exact) mass is 234 g/mol. The molecule has 0 radical (unpaired) electrons. The zero-order valence-electron chi connectivity index (χ0n) is 10.5. The molecule has 1 rings (SSSR count). The van der Waals surface area contributed by atoms with Crippen molar-refractivity contribution in [2.24, 2.45) is 5.92 Å². The normalized spacial score (nSPS) is 11.6. The standard InChI is InChI=1S/C12H18N4O/c1-4-17-12-10(14)5-6-11(15-12)16(3)8-9(2)7-13/h5-6,9H,4,8,14H2,1-3H3. The van der Waals surface area contributed by atoms with Crippen molar-refractivity contribution < 1.29 is 4.74 Å². The maximum absolute atomic E-state index is 8.77. The molecule has 0 fully saturated rings. The maximum atomic E-state index is 8.77. The van der Waals surface area contributed by atoms with Crippen molar-refractivity contribution in [2.75, 3.05) is 30.8 Å². The first-order valence-electron chi connectivity index (χ1n) is 5.58. The summed E-state index contributed by atoms with van der Waals surface area (Å²) in [5, 5.41) is 8.77. The Morgan fingerprint density at radius 2 is 2.29 bits per heavy atom. The zero-order valence-corrected chi connectivity index (χ0v) is 10.5. The summed E-state index contributed by atoms with van der Waals surface area (Å²) in [6.45, 7) is 4.91. The van der Waals surface area contributed by atoms with Gasteiger partial charge >= 0.3 is 0 Å². The van der Waals surface area contributed by atoms with Crippen LogP contribution in [0.5, 0.6) is 5.88 Å². The number of pyridine rings is 1. The molecule has 1 heterocycles. The van der Waals surface area contributed by atoms with Crippen LogP contribution in [0.2, 0.25) is 0 Å². The minimum Gasteiger partial charge on any atom is -0.476 e. The molecule has 2 N–H and O–H groups in total. The van der Waals surface area contributed by atoms with E-state index >= 15 is 0 Å². The van der Waals surface area contributed by atoms with E-state index in [4.69, 9.17) is 15.7 Å². The number of rotatable bonds is 5. The van der Waals surface area contributed by atoms with Gasteiger partial charge in [-0.3, -0.25) is 0 Å². The summed E-state index contributed by atoms with van der Waals surface area (Å²) >= 11 is 0. The molecule has 0 bridgehead atoms. The summed E-state index contributed by atoms with van der Waals surface area (Å²) in [6.07, 6.45) is 0. The van der Waals surface area contributed by atoms with Crippen molar-refractivity contribution in [1.82, 2.24) is 4.98 Å². The van der Waals surface area contributed by atoms with Gasteiger partial charge in [-0.15, -0.1) is 0 Å². The van der Waals surface area contributed by atoms with Crippen molar-refractivity contribution in [1.29, 1.82) is 5.26 Å². The van der Waals surface area contributed by atoms with E-state index in [-0.39, 0.29) is 5.92 Å². The largest absolute Gasteiger partial charge is 0.476 e. The van der Waals surface area contributed by atoms with Gasteiger partial charge in [0.25, 0.3) is 0 Å². The minimum atomic E-state index is -0.0464. The number of ether oxygens (including phenoxy) is 1. The van der Waals surface area contributed by atoms with Gasteiger partial charge in [0.1, 0.15) is 5.82 Å². The Hall–Kier alpha value is -1.96. The highest BCUT2D eigenvalue weighted by molar-refractivity contribution is 5.54. The minimum absolute atomic E-state index is 0.0464. The predicted molar refractivity (Wildman–Crippen MR) is 67.9 cm³/mol. The fourth-order valence-electron chi connectivity index (χ4n) is 1.45. The van der Waals surface area contributed by atoms with Crippen molar-refractivity contribution in [2.45, 2.75) is 13.8 Å². The lowest BCUT2D eigenvalue weighted by Gasteiger charge is -2.20. The molecule has 5 nitrogen and oxygen atoms in total. The van der Waals surface area contributed by atoms with Gasteiger partial charge in [-0.1, -0.05) is 0 Å². The van der Waals surface area contributed by atoms with Crippen LogP contribution in [0.4, 0.5) is 11.5 Å². The summed E-state index contributed by atoms with van der Waals surface area (Å²) in [7, 11) is 1.89. The number of aromatic nitrogens is 1. The third kappa shape index (κ3) is 3.52. The second kappa shape index (κ2) is 5.94. The molecule has 1 aromatic heterocycles. The molecule has 0 aliphatic rings. The van der Waals surface area contributed by atoms with Gasteiger partial charge in [0.2, 0.25) is 5.88 Å². The number of hydrogen-bond acceptors (Lipinski definition) is 5. The Bertz CT molecular complexity index is 413. The van der Waals surface area contributed by atoms with Gasteiger partial charge in [0, 0.05) is 13.6 Å². The van der Waals surface area contributed by atoms with E-state index in [1.807, 2.05) is 31.9 Å². The SMILES string of the molecule is CCOc1nc(N(C)CC(C)C#N)ccc1N. The Morgan fingerprint density at radius 1 is 1.59 bits per heavy atom. The summed E-state index contributed by atoms with van der Waals surface area (Å²) in [5.41, 5.74) is 6.27. The molecule has 0 amide bonds. The molecule has 17 heavy (non-hydrogen) atoms. The second-order valence-corrected chi connectivity index (χ2v) is 3.91. The summed E-state index contributed by atoms with van der Waals surface area (Å²) in [4.78, 5) is 6.23. The average Bonchev–Trinajstić information content (AvgIpc) is 2.32. The number of nitrogens with two attached hydrogens (primary N) is 1. The van der Waals surface area contributed by atoms with Gasteiger partial charge in [0.05, 0.1) is 24.3 Å². The van der Waals surface area contributed by atoms with E-state index in [1.54, 1.807) is 6.07 Å². The highest BCUT2D eigenvalue weighted by Gasteiger charge is 2.10. The van der Waals surface area contributed by atoms with E-state index in [2.05, 4.69) is 11.1 Å². The topological polar surface area (TPSA) is 75.2 Å². The predicted octanol–water partition coefficient (Wildman–Crippen LogP) is 1.66. The lowest BCUT2D eigenvalue weighted by atomic mass is 10.2. The number of hydrogen-bond donors (Lipinski definition) is 1. The van der Waals surface area contributed by atoms with Crippen LogP contribution in [0.3, 0.4) is 0 Å². The van der Waals surface area contributed by atoms with Gasteiger partial charge < -0.3 is 15.4 Å². The van der Waals surface area contributed by atoms with E-state index < -0.39 is 0 Å². The van der Waals surface area contributed by atoms with Crippen LogP contribution in [0.15, 0.2) is 12.1 Å². The van der Waals surface area contributed by atoms with Crippen LogP contribution in [-0.4, -0.2) is 25.2 Å². The number of nitrogens with zero attached hydrogens (tertiary/aromatic N) is 3. The fraction of sp³-hybridized carbons (Fsp3) is 0.500. The third-order valence-corrected chi connectivity index (χ3v) is 2.32. The van der Waals surface area contributed by atoms with Gasteiger partial charge in [0.15, 0.2) is 0 Å². The van der Waals surface area contributed by atoms with Crippen molar-refractivity contribution in [3.63, 3.8) is 0 Å². The van der Waals surface area contributed by atoms with E-state index in [1.165, 1.54) is 0 Å². The van der Waals surface area contributed by atoms with Gasteiger partial charge in [-0.25, -0.2) is 0 Å². The Balaban J connectivity index is 2.84. The van der Waals surface area contributed by atoms with Crippen LogP contribution >= 0.6 is 0 Å². The van der Waals surface area contributed by atoms with Gasteiger partial charge in [-0.2, -0.15) is 10.2 Å². The van der Waals surface area contributed by atoms with Crippen LogP contribution in [0, 0.1) is 17.2 Å². The molecule has 1 atom stereocenters. The molecule has 0 saturated heterocycles. The molecule has 0 saturated carbocycles. The number of nitrogen functional groups attached to an aromatic ring is 1. The first kappa shape index (κ1) is 13.1. The Labute approximate surface area is 102 Å². The second-order valence-electron chi connectivity index (χ2n) is 3.91. The van der Waals surface area contributed by atoms with Crippen molar-refractivity contribution in [3.05, 3.63) is 12.1 Å². The van der Waals surface area contributed by atoms with E-state index in [0.717, 1.165) is 5.82 Å². The molecule has 1 unspecified atom stereocenters. The lowest BCUT2D eigenvalue weighted by molar-refractivity contribution is 0.329. The van der Waals surface area contributed by atoms with Crippen molar-refractivity contribution >= 4 is 11.5 Å². The average molecular weight is 234 g/mol. The van der Waals surface area contributed by atoms with E-state index in [0.29, 0.717) is 24.7 Å². The zero-order chi connectivity index (χ0) is 12.8. The first-order chi connectivity index (χ1) is 8.08. The van der Waals surface area contributed by atoms with Crippen LogP contribution in [-0.2, 0) is 0 Å². The molecule has 0 aromatic carbocycles. The smallest absolute Gasteiger partial charge is 0.239 e. The highest BCUT2D eigenvalue weighted by Crippen LogP contribution is 2.22. The number of nitriles is 1. The molecule has 0 spiro atoms. The van der Waals surface area contributed by atoms with Crippen molar-refractivity contribution in [3.8, 4) is 11.9 Å². The highest BCUT2D eigenvalue weighted by atomic mass is 16.5. The summed E-state index contributed by atoms with van der Waals surface area (Å²) < 4.78 is 5.33. The van der Waals surface area contributed by atoms with Crippen LogP contribution in [0.25, 0.3) is 0 Å². The Kier molecular flexibility index (Phi) is 4.58. The Morgan fingerprint density at radius 3 is 2.88 bits per heavy atom. The number of anilines is 2. The molecular weight excluding hydrogens is 216 g/mol. The summed E-state index contributed by atoms with van der Waals surface area (Å²) in [6, 6.07) is 5.78. The molecule has 0 aliphatic heterocycles. The first-order valence-corrected chi connectivity index (χ1v) is 5.58. The summed E-state index contributed by atoms with van der Waals surface area (Å²) in [5.74, 6) is 1.15.